The van der Waals surface area contributed by atoms with Gasteiger partial charge in [0.2, 0.25) is 23.3 Å². The summed E-state index contributed by atoms with van der Waals surface area (Å²) in [6, 6.07) is 9.69. The van der Waals surface area contributed by atoms with Crippen molar-refractivity contribution in [3.63, 3.8) is 0 Å². The molecule has 1 aliphatic heterocycles. The number of aryl methyl sites for hydroxylation is 1. The van der Waals surface area contributed by atoms with Gasteiger partial charge < -0.3 is 35.1 Å². The number of amides is 2. The molecule has 17 heteroatoms. The van der Waals surface area contributed by atoms with E-state index in [1.807, 2.05) is 0 Å². The van der Waals surface area contributed by atoms with Crippen LogP contribution in [0.3, 0.4) is 0 Å². The number of piperidine rings is 1. The number of ketones is 1. The molecule has 0 radical (unpaired) electrons. The van der Waals surface area contributed by atoms with E-state index < -0.39 is 47.9 Å². The van der Waals surface area contributed by atoms with Crippen molar-refractivity contribution >= 4 is 34.5 Å². The number of hydrogen-bond acceptors (Lipinski definition) is 9. The number of aromatic nitrogens is 4. The summed E-state index contributed by atoms with van der Waals surface area (Å²) in [6.45, 7) is 6.49. The minimum absolute atomic E-state index is 0.00776. The van der Waals surface area contributed by atoms with Crippen molar-refractivity contribution < 1.29 is 46.2 Å². The Bertz CT molecular complexity index is 2220. The number of alkyl carbamates (subject to hydrolysis) is 1. The maximum absolute atomic E-state index is 14.1. The highest BCUT2D eigenvalue weighted by Gasteiger charge is 2.28. The van der Waals surface area contributed by atoms with Crippen molar-refractivity contribution in [2.45, 2.75) is 58.5 Å². The number of anilines is 1. The third-order valence-corrected chi connectivity index (χ3v) is 8.89. The van der Waals surface area contributed by atoms with Crippen LogP contribution in [0.2, 0.25) is 0 Å². The minimum Gasteiger partial charge on any atom is -0.487 e. The number of fused-ring (bicyclic) bond motifs is 1. The van der Waals surface area contributed by atoms with Crippen molar-refractivity contribution in [3.8, 4) is 23.1 Å². The molecule has 2 amide bonds. The van der Waals surface area contributed by atoms with E-state index in [0.717, 1.165) is 12.1 Å². The Morgan fingerprint density at radius 2 is 1.76 bits per heavy atom. The molecule has 3 aromatic heterocycles. The number of pyridine rings is 1. The number of nitrogens with two attached hydrogens (primary N) is 1. The summed E-state index contributed by atoms with van der Waals surface area (Å²) >= 11 is 0. The molecule has 1 aliphatic rings. The first-order valence-electron chi connectivity index (χ1n) is 17.4. The van der Waals surface area contributed by atoms with Crippen molar-refractivity contribution in [3.05, 3.63) is 88.9 Å². The second-order valence-corrected chi connectivity index (χ2v) is 14.0. The normalized spacial score (nSPS) is 13.7. The summed E-state index contributed by atoms with van der Waals surface area (Å²) in [5, 5.41) is 7.29. The van der Waals surface area contributed by atoms with Gasteiger partial charge in [0, 0.05) is 30.1 Å². The van der Waals surface area contributed by atoms with Gasteiger partial charge in [-0.3, -0.25) is 9.59 Å². The summed E-state index contributed by atoms with van der Waals surface area (Å²) in [4.78, 5) is 47.4. The molecule has 5 aromatic rings. The van der Waals surface area contributed by atoms with Crippen molar-refractivity contribution in [1.82, 2.24) is 30.0 Å². The molecule has 1 saturated heterocycles. The first-order valence-corrected chi connectivity index (χ1v) is 17.4. The molecule has 2 aromatic carbocycles. The number of nitrogen functional groups attached to an aromatic ring is 1. The number of halogens is 4. The quantitative estimate of drug-likeness (QED) is 0.0967. The third kappa shape index (κ3) is 8.82. The number of carbonyl (C=O) groups excluding carboxylic acids is 3. The molecule has 4 heterocycles. The molecule has 0 unspecified atom stereocenters. The van der Waals surface area contributed by atoms with Crippen LogP contribution in [0, 0.1) is 18.6 Å². The van der Waals surface area contributed by atoms with Crippen LogP contribution >= 0.6 is 0 Å². The fourth-order valence-electron chi connectivity index (χ4n) is 6.26. The number of alkyl halides is 2. The zero-order chi connectivity index (χ0) is 39.6. The van der Waals surface area contributed by atoms with Crippen molar-refractivity contribution in [2.75, 3.05) is 32.0 Å². The van der Waals surface area contributed by atoms with E-state index in [1.165, 1.54) is 29.2 Å². The molecule has 4 N–H and O–H groups in total. The van der Waals surface area contributed by atoms with Gasteiger partial charge in [-0.2, -0.15) is 5.10 Å². The van der Waals surface area contributed by atoms with E-state index in [0.29, 0.717) is 53.6 Å². The Kier molecular flexibility index (Phi) is 11.0. The Morgan fingerprint density at radius 3 is 2.42 bits per heavy atom. The summed E-state index contributed by atoms with van der Waals surface area (Å²) in [5.41, 5.74) is 8.02. The number of likely N-dealkylation sites (tertiary alicyclic amines) is 1. The van der Waals surface area contributed by atoms with Crippen LogP contribution in [-0.4, -0.2) is 80.7 Å². The van der Waals surface area contributed by atoms with Gasteiger partial charge >= 0.3 is 6.09 Å². The van der Waals surface area contributed by atoms with E-state index in [4.69, 9.17) is 19.9 Å². The number of hydrogen-bond donors (Lipinski definition) is 3. The zero-order valence-electron chi connectivity index (χ0n) is 30.4. The Hall–Kier alpha value is -6.13. The van der Waals surface area contributed by atoms with Gasteiger partial charge in [0.25, 0.3) is 6.43 Å². The van der Waals surface area contributed by atoms with E-state index in [2.05, 4.69) is 20.4 Å². The van der Waals surface area contributed by atoms with Crippen LogP contribution in [0.15, 0.2) is 54.9 Å². The van der Waals surface area contributed by atoms with Gasteiger partial charge in [0.1, 0.15) is 30.3 Å². The number of rotatable bonds is 11. The summed E-state index contributed by atoms with van der Waals surface area (Å²) < 4.78 is 72.1. The molecule has 6 rings (SSSR count). The molecule has 0 aliphatic carbocycles. The highest BCUT2D eigenvalue weighted by molar-refractivity contribution is 6.12. The average molecular weight is 766 g/mol. The zero-order valence-corrected chi connectivity index (χ0v) is 30.4. The fraction of sp³-hybridized carbons (Fsp3) is 0.342. The van der Waals surface area contributed by atoms with Gasteiger partial charge in [0.05, 0.1) is 29.3 Å². The van der Waals surface area contributed by atoms with Gasteiger partial charge in [-0.15, -0.1) is 0 Å². The second-order valence-electron chi connectivity index (χ2n) is 14.0. The van der Waals surface area contributed by atoms with Gasteiger partial charge in [-0.05, 0) is 87.9 Å². The SMILES string of the molecule is Cc1cc(Oc2c(F)cccc2F)ncc1-n1ncc(C(=O)c2cc3cc(OCC(F)F)c(C4CCN(C(=O)CNC(=O)OC(C)(C)C)CC4)cc3[nH]2)c1N. The van der Waals surface area contributed by atoms with Gasteiger partial charge in [-0.1, -0.05) is 6.07 Å². The smallest absolute Gasteiger partial charge is 0.408 e. The number of carbonyl (C=O) groups is 3. The predicted molar refractivity (Wildman–Crippen MR) is 193 cm³/mol. The number of nitrogens with zero attached hydrogens (tertiary/aromatic N) is 4. The third-order valence-electron chi connectivity index (χ3n) is 8.89. The molecule has 1 fully saturated rings. The minimum atomic E-state index is -2.72. The molecule has 55 heavy (non-hydrogen) atoms. The molecule has 290 valence electrons. The fourth-order valence-corrected chi connectivity index (χ4v) is 6.26. The lowest BCUT2D eigenvalue weighted by atomic mass is 9.88. The number of benzene rings is 2. The Morgan fingerprint density at radius 1 is 1.05 bits per heavy atom. The molecule has 13 nitrogen and oxygen atoms in total. The lowest BCUT2D eigenvalue weighted by Crippen LogP contribution is -2.44. The maximum Gasteiger partial charge on any atom is 0.408 e. The summed E-state index contributed by atoms with van der Waals surface area (Å²) in [5.74, 6) is -3.17. The molecule has 0 spiro atoms. The van der Waals surface area contributed by atoms with E-state index >= 15 is 0 Å². The predicted octanol–water partition coefficient (Wildman–Crippen LogP) is 6.82. The Balaban J connectivity index is 1.18. The molecule has 0 bridgehead atoms. The van der Waals surface area contributed by atoms with Crippen LogP contribution < -0.4 is 20.5 Å². The summed E-state index contributed by atoms with van der Waals surface area (Å²) in [6.07, 6.45) is 0.213. The highest BCUT2D eigenvalue weighted by atomic mass is 19.3. The van der Waals surface area contributed by atoms with E-state index in [-0.39, 0.29) is 47.1 Å². The van der Waals surface area contributed by atoms with Crippen LogP contribution in [0.1, 0.15) is 66.7 Å². The van der Waals surface area contributed by atoms with Crippen LogP contribution in [0.4, 0.5) is 28.2 Å². The van der Waals surface area contributed by atoms with Crippen molar-refractivity contribution in [1.29, 1.82) is 0 Å². The Labute approximate surface area is 312 Å². The summed E-state index contributed by atoms with van der Waals surface area (Å²) in [7, 11) is 0. The standard InChI is InChI=1S/C38H39F4N7O6/c1-20-12-32(54-35-25(39)6-5-7-26(35)40)44-17-29(20)49-36(43)24(16-46-49)34(51)28-13-22-14-30(53-19-31(41)42)23(15-27(22)47-28)21-8-10-48(11-9-21)33(50)18-45-37(52)55-38(2,3)4/h5-7,12-17,21,31,47H,8-11,18-19,43H2,1-4H3,(H,45,52). The lowest BCUT2D eigenvalue weighted by molar-refractivity contribution is -0.131. The number of nitrogens with one attached hydrogen (secondary N) is 2. The molecular formula is C38H39F4N7O6. The topological polar surface area (TPSA) is 167 Å². The van der Waals surface area contributed by atoms with Crippen LogP contribution in [0.5, 0.6) is 17.4 Å². The second kappa shape index (κ2) is 15.7. The highest BCUT2D eigenvalue weighted by Crippen LogP contribution is 2.38. The van der Waals surface area contributed by atoms with Gasteiger partial charge in [-0.25, -0.2) is 32.0 Å². The van der Waals surface area contributed by atoms with E-state index in [9.17, 15) is 31.9 Å². The first kappa shape index (κ1) is 38.6. The monoisotopic (exact) mass is 765 g/mol. The first-order chi connectivity index (χ1) is 26.1. The lowest BCUT2D eigenvalue weighted by Gasteiger charge is -2.33. The number of aromatic amines is 1. The van der Waals surface area contributed by atoms with Crippen LogP contribution in [0.25, 0.3) is 16.6 Å². The molecular weight excluding hydrogens is 726 g/mol. The maximum atomic E-state index is 14.1. The largest absolute Gasteiger partial charge is 0.487 e. The average Bonchev–Trinajstić information content (AvgIpc) is 3.73. The van der Waals surface area contributed by atoms with Gasteiger partial charge in [0.15, 0.2) is 11.6 Å². The number of H-pyrrole nitrogens is 1. The number of para-hydroxylation sites is 1. The molecule has 0 saturated carbocycles. The number of ether oxygens (including phenoxy) is 3. The van der Waals surface area contributed by atoms with Crippen LogP contribution in [-0.2, 0) is 9.53 Å². The van der Waals surface area contributed by atoms with E-state index in [1.54, 1.807) is 50.8 Å². The molecule has 0 atom stereocenters. The van der Waals surface area contributed by atoms with Crippen molar-refractivity contribution in [2.24, 2.45) is 0 Å².